The molecule has 0 spiro atoms. The van der Waals surface area contributed by atoms with Crippen LogP contribution in [-0.2, 0) is 14.8 Å². The molecule has 0 amide bonds. The molecule has 0 unspecified atom stereocenters. The van der Waals surface area contributed by atoms with Crippen molar-refractivity contribution in [3.05, 3.63) is 0 Å². The van der Waals surface area contributed by atoms with Gasteiger partial charge in [0.1, 0.15) is 0 Å². The van der Waals surface area contributed by atoms with Crippen LogP contribution in [0.2, 0.25) is 0 Å². The number of hydrogen-bond donors (Lipinski definition) is 2. The number of aliphatic carboxylic acids is 1. The molecule has 0 saturated carbocycles. The van der Waals surface area contributed by atoms with Crippen LogP contribution in [0.3, 0.4) is 0 Å². The highest BCUT2D eigenvalue weighted by molar-refractivity contribution is 7.89. The zero-order valence-electron chi connectivity index (χ0n) is 9.35. The van der Waals surface area contributed by atoms with E-state index in [9.17, 15) is 13.2 Å². The zero-order chi connectivity index (χ0) is 12.2. The average molecular weight is 250 g/mol. The topological polar surface area (TPSA) is 86.7 Å². The van der Waals surface area contributed by atoms with Gasteiger partial charge in [-0.1, -0.05) is 6.92 Å². The van der Waals surface area contributed by atoms with Crippen LogP contribution >= 0.6 is 0 Å². The van der Waals surface area contributed by atoms with Gasteiger partial charge in [0, 0.05) is 32.1 Å². The SMILES string of the molecule is CCN(C1CNC1)S(=O)(=O)CCCC(=O)O. The van der Waals surface area contributed by atoms with Crippen molar-refractivity contribution in [2.24, 2.45) is 0 Å². The van der Waals surface area contributed by atoms with Gasteiger partial charge >= 0.3 is 5.97 Å². The summed E-state index contributed by atoms with van der Waals surface area (Å²) in [5, 5.41) is 11.5. The Bertz CT molecular complexity index is 337. The molecule has 6 nitrogen and oxygen atoms in total. The third kappa shape index (κ3) is 3.43. The van der Waals surface area contributed by atoms with Crippen molar-refractivity contribution in [2.45, 2.75) is 25.8 Å². The Morgan fingerprint density at radius 3 is 2.50 bits per heavy atom. The van der Waals surface area contributed by atoms with E-state index < -0.39 is 16.0 Å². The van der Waals surface area contributed by atoms with E-state index in [1.165, 1.54) is 4.31 Å². The summed E-state index contributed by atoms with van der Waals surface area (Å²) in [7, 11) is -3.30. The van der Waals surface area contributed by atoms with Crippen LogP contribution in [-0.4, -0.2) is 55.2 Å². The number of carbonyl (C=O) groups is 1. The Hall–Kier alpha value is -0.660. The molecule has 0 aromatic rings. The number of likely N-dealkylation sites (N-methyl/N-ethyl adjacent to an activating group) is 1. The maximum atomic E-state index is 11.9. The second kappa shape index (κ2) is 5.60. The summed E-state index contributed by atoms with van der Waals surface area (Å²) in [4.78, 5) is 10.3. The molecule has 0 aromatic carbocycles. The quantitative estimate of drug-likeness (QED) is 0.634. The van der Waals surface area contributed by atoms with Crippen molar-refractivity contribution in [1.82, 2.24) is 9.62 Å². The van der Waals surface area contributed by atoms with Crippen LogP contribution in [0.1, 0.15) is 19.8 Å². The first-order chi connectivity index (χ1) is 7.47. The van der Waals surface area contributed by atoms with Gasteiger partial charge in [-0.05, 0) is 6.42 Å². The van der Waals surface area contributed by atoms with E-state index in [1.54, 1.807) is 6.92 Å². The van der Waals surface area contributed by atoms with E-state index >= 15 is 0 Å². The second-order valence-corrected chi connectivity index (χ2v) is 5.87. The summed E-state index contributed by atoms with van der Waals surface area (Å²) in [6, 6.07) is 0.0415. The number of nitrogens with zero attached hydrogens (tertiary/aromatic N) is 1. The summed E-state index contributed by atoms with van der Waals surface area (Å²) in [5.41, 5.74) is 0. The molecule has 94 valence electrons. The van der Waals surface area contributed by atoms with Crippen LogP contribution in [0, 0.1) is 0 Å². The van der Waals surface area contributed by atoms with E-state index in [1.807, 2.05) is 0 Å². The highest BCUT2D eigenvalue weighted by atomic mass is 32.2. The first-order valence-electron chi connectivity index (χ1n) is 5.39. The van der Waals surface area contributed by atoms with E-state index in [4.69, 9.17) is 5.11 Å². The minimum Gasteiger partial charge on any atom is -0.481 e. The van der Waals surface area contributed by atoms with Crippen LogP contribution in [0.15, 0.2) is 0 Å². The standard InChI is InChI=1S/C9H18N2O4S/c1-2-11(8-6-10-7-8)16(14,15)5-3-4-9(12)13/h8,10H,2-7H2,1H3,(H,12,13). The van der Waals surface area contributed by atoms with Crippen molar-refractivity contribution in [3.63, 3.8) is 0 Å². The monoisotopic (exact) mass is 250 g/mol. The number of carboxylic acid groups (broad SMARTS) is 1. The van der Waals surface area contributed by atoms with Gasteiger partial charge in [0.25, 0.3) is 0 Å². The van der Waals surface area contributed by atoms with Gasteiger partial charge in [-0.15, -0.1) is 0 Å². The lowest BCUT2D eigenvalue weighted by Crippen LogP contribution is -2.59. The highest BCUT2D eigenvalue weighted by Crippen LogP contribution is 2.12. The fourth-order valence-electron chi connectivity index (χ4n) is 1.68. The van der Waals surface area contributed by atoms with Gasteiger partial charge in [0.15, 0.2) is 0 Å². The third-order valence-electron chi connectivity index (χ3n) is 2.63. The molecule has 0 aromatic heterocycles. The lowest BCUT2D eigenvalue weighted by Gasteiger charge is -2.36. The Labute approximate surface area is 95.7 Å². The fourth-order valence-corrected chi connectivity index (χ4v) is 3.42. The molecule has 1 aliphatic heterocycles. The normalized spacial score (nSPS) is 17.4. The molecular formula is C9H18N2O4S. The molecule has 0 atom stereocenters. The van der Waals surface area contributed by atoms with Crippen LogP contribution < -0.4 is 5.32 Å². The molecular weight excluding hydrogens is 232 g/mol. The van der Waals surface area contributed by atoms with E-state index in [0.717, 1.165) is 0 Å². The second-order valence-electron chi connectivity index (χ2n) is 3.83. The predicted molar refractivity (Wildman–Crippen MR) is 59.7 cm³/mol. The number of hydrogen-bond acceptors (Lipinski definition) is 4. The molecule has 16 heavy (non-hydrogen) atoms. The van der Waals surface area contributed by atoms with Gasteiger partial charge in [-0.25, -0.2) is 8.42 Å². The summed E-state index contributed by atoms with van der Waals surface area (Å²) in [6.07, 6.45) is 0.0774. The Morgan fingerprint density at radius 2 is 2.12 bits per heavy atom. The van der Waals surface area contributed by atoms with Crippen molar-refractivity contribution in [3.8, 4) is 0 Å². The summed E-state index contributed by atoms with van der Waals surface area (Å²) >= 11 is 0. The van der Waals surface area contributed by atoms with Crippen LogP contribution in [0.25, 0.3) is 0 Å². The molecule has 7 heteroatoms. The van der Waals surface area contributed by atoms with Gasteiger partial charge in [0.2, 0.25) is 10.0 Å². The third-order valence-corrected chi connectivity index (χ3v) is 4.70. The number of carboxylic acids is 1. The summed E-state index contributed by atoms with van der Waals surface area (Å²) in [6.45, 7) is 3.62. The van der Waals surface area contributed by atoms with Gasteiger partial charge in [0.05, 0.1) is 5.75 Å². The molecule has 2 N–H and O–H groups in total. The summed E-state index contributed by atoms with van der Waals surface area (Å²) in [5.74, 6) is -1.03. The first-order valence-corrected chi connectivity index (χ1v) is 7.00. The molecule has 1 heterocycles. The fraction of sp³-hybridized carbons (Fsp3) is 0.889. The Morgan fingerprint density at radius 1 is 1.50 bits per heavy atom. The van der Waals surface area contributed by atoms with E-state index in [0.29, 0.717) is 19.6 Å². The maximum Gasteiger partial charge on any atom is 0.303 e. The van der Waals surface area contributed by atoms with E-state index in [2.05, 4.69) is 5.32 Å². The zero-order valence-corrected chi connectivity index (χ0v) is 10.2. The molecule has 0 aliphatic carbocycles. The molecule has 1 fully saturated rings. The highest BCUT2D eigenvalue weighted by Gasteiger charge is 2.31. The number of nitrogens with one attached hydrogen (secondary N) is 1. The van der Waals surface area contributed by atoms with Crippen molar-refractivity contribution < 1.29 is 18.3 Å². The molecule has 0 radical (unpaired) electrons. The largest absolute Gasteiger partial charge is 0.481 e. The minimum atomic E-state index is -3.30. The molecule has 1 aliphatic rings. The lowest BCUT2D eigenvalue weighted by atomic mass is 10.2. The smallest absolute Gasteiger partial charge is 0.303 e. The average Bonchev–Trinajstić information content (AvgIpc) is 2.09. The summed E-state index contributed by atoms with van der Waals surface area (Å²) < 4.78 is 25.2. The minimum absolute atomic E-state index is 0.0415. The Balaban J connectivity index is 2.49. The predicted octanol–water partition coefficient (Wildman–Crippen LogP) is -0.525. The number of sulfonamides is 1. The van der Waals surface area contributed by atoms with Crippen molar-refractivity contribution in [1.29, 1.82) is 0 Å². The van der Waals surface area contributed by atoms with Gasteiger partial charge in [-0.2, -0.15) is 4.31 Å². The van der Waals surface area contributed by atoms with E-state index in [-0.39, 0.29) is 24.6 Å². The van der Waals surface area contributed by atoms with Gasteiger partial charge in [-0.3, -0.25) is 4.79 Å². The maximum absolute atomic E-state index is 11.9. The Kier molecular flexibility index (Phi) is 4.69. The van der Waals surface area contributed by atoms with Crippen molar-refractivity contribution >= 4 is 16.0 Å². The van der Waals surface area contributed by atoms with Crippen LogP contribution in [0.5, 0.6) is 0 Å². The molecule has 1 saturated heterocycles. The van der Waals surface area contributed by atoms with Crippen LogP contribution in [0.4, 0.5) is 0 Å². The van der Waals surface area contributed by atoms with Crippen molar-refractivity contribution in [2.75, 3.05) is 25.4 Å². The molecule has 1 rings (SSSR count). The first kappa shape index (κ1) is 13.4. The molecule has 0 bridgehead atoms. The lowest BCUT2D eigenvalue weighted by molar-refractivity contribution is -0.137. The number of rotatable bonds is 7. The van der Waals surface area contributed by atoms with Gasteiger partial charge < -0.3 is 10.4 Å².